The van der Waals surface area contributed by atoms with Crippen LogP contribution < -0.4 is 0 Å². The van der Waals surface area contributed by atoms with Gasteiger partial charge in [-0.3, -0.25) is 9.11 Å². The van der Waals surface area contributed by atoms with Gasteiger partial charge in [-0.2, -0.15) is 16.8 Å². The third-order valence-electron chi connectivity index (χ3n) is 2.60. The zero-order valence-electron chi connectivity index (χ0n) is 10.7. The maximum atomic E-state index is 11.1. The van der Waals surface area contributed by atoms with E-state index in [2.05, 4.69) is 0 Å². The fraction of sp³-hybridized carbons (Fsp3) is 0. The molecule has 2 radical (unpaired) electrons. The van der Waals surface area contributed by atoms with Gasteiger partial charge in [0, 0.05) is 37.7 Å². The van der Waals surface area contributed by atoms with Crippen molar-refractivity contribution in [3.05, 3.63) is 48.5 Å². The normalized spacial score (nSPS) is 11.7. The first-order valence-electron chi connectivity index (χ1n) is 5.33. The zero-order valence-corrected chi connectivity index (χ0v) is 14.5. The van der Waals surface area contributed by atoms with Gasteiger partial charge in [-0.1, -0.05) is 24.3 Å². The van der Waals surface area contributed by atoms with E-state index in [1.54, 1.807) is 12.1 Å². The summed E-state index contributed by atoms with van der Waals surface area (Å²) >= 11 is 0. The third-order valence-corrected chi connectivity index (χ3v) is 4.30. The summed E-state index contributed by atoms with van der Waals surface area (Å²) < 4.78 is 62.2. The van der Waals surface area contributed by atoms with Crippen molar-refractivity contribution in [2.45, 2.75) is 9.79 Å². The van der Waals surface area contributed by atoms with Gasteiger partial charge in [-0.05, 0) is 35.4 Å². The van der Waals surface area contributed by atoms with Crippen LogP contribution in [-0.4, -0.2) is 63.7 Å². The second-order valence-electron chi connectivity index (χ2n) is 4.01. The van der Waals surface area contributed by atoms with Crippen LogP contribution in [0.3, 0.4) is 0 Å². The third kappa shape index (κ3) is 4.75. The molecule has 6 nitrogen and oxygen atoms in total. The summed E-state index contributed by atoms with van der Waals surface area (Å²) in [7, 11) is -8.68. The van der Waals surface area contributed by atoms with Crippen LogP contribution in [0, 0.1) is 0 Å². The second-order valence-corrected chi connectivity index (χ2v) is 6.85. The van der Waals surface area contributed by atoms with Crippen LogP contribution in [0.15, 0.2) is 58.3 Å². The molecule has 0 aliphatic rings. The minimum Gasteiger partial charge on any atom is -0.282 e. The molecule has 0 aliphatic heterocycles. The topological polar surface area (TPSA) is 109 Å². The van der Waals surface area contributed by atoms with E-state index in [4.69, 9.17) is 9.11 Å². The average molecular weight is 354 g/mol. The number of hydrogen-bond acceptors (Lipinski definition) is 4. The molecule has 21 heavy (non-hydrogen) atoms. The molecule has 0 aromatic heterocycles. The van der Waals surface area contributed by atoms with Crippen LogP contribution in [0.2, 0.25) is 0 Å². The van der Waals surface area contributed by atoms with E-state index in [0.717, 1.165) is 0 Å². The average Bonchev–Trinajstić information content (AvgIpc) is 2.37. The second kappa shape index (κ2) is 6.74. The van der Waals surface area contributed by atoms with Crippen molar-refractivity contribution < 1.29 is 25.9 Å². The Labute approximate surface area is 152 Å². The van der Waals surface area contributed by atoms with E-state index in [9.17, 15) is 16.8 Å². The standard InChI is InChI=1S/C12H10O6S2.Ca/c13-19(14,15)11-5-1-3-9(7-11)10-4-2-6-12(8-10)20(16,17)18;/h1-8H,(H,13,14,15)(H,16,17,18);. The van der Waals surface area contributed by atoms with Gasteiger partial charge in [-0.25, -0.2) is 0 Å². The predicted octanol–water partition coefficient (Wildman–Crippen LogP) is 1.47. The maximum absolute atomic E-state index is 11.1. The molecule has 0 atom stereocenters. The monoisotopic (exact) mass is 354 g/mol. The molecular weight excluding hydrogens is 344 g/mol. The van der Waals surface area contributed by atoms with Crippen molar-refractivity contribution in [1.82, 2.24) is 0 Å². The molecule has 0 fully saturated rings. The van der Waals surface area contributed by atoms with Crippen molar-refractivity contribution in [1.29, 1.82) is 0 Å². The summed E-state index contributed by atoms with van der Waals surface area (Å²) in [5, 5.41) is 0. The van der Waals surface area contributed by atoms with Gasteiger partial charge in [-0.15, -0.1) is 0 Å². The van der Waals surface area contributed by atoms with Crippen LogP contribution in [0.5, 0.6) is 0 Å². The maximum Gasteiger partial charge on any atom is 0.294 e. The quantitative estimate of drug-likeness (QED) is 0.638. The fourth-order valence-electron chi connectivity index (χ4n) is 1.67. The predicted molar refractivity (Wildman–Crippen MR) is 77.3 cm³/mol. The number of benzene rings is 2. The summed E-state index contributed by atoms with van der Waals surface area (Å²) in [5.41, 5.74) is 0.788. The van der Waals surface area contributed by atoms with E-state index in [-0.39, 0.29) is 47.5 Å². The SMILES string of the molecule is O=S(=O)(O)c1cccc(-c2cccc(S(=O)(=O)O)c2)c1.[Ca]. The Balaban J connectivity index is 0.00000220. The summed E-state index contributed by atoms with van der Waals surface area (Å²) in [6.45, 7) is 0. The number of rotatable bonds is 3. The number of hydrogen-bond donors (Lipinski definition) is 2. The Bertz CT molecular complexity index is 785. The van der Waals surface area contributed by atoms with Crippen LogP contribution in [-0.2, 0) is 20.2 Å². The summed E-state index contributed by atoms with van der Waals surface area (Å²) in [4.78, 5) is -0.598. The first kappa shape index (κ1) is 18.6. The van der Waals surface area contributed by atoms with Crippen molar-refractivity contribution in [3.63, 3.8) is 0 Å². The molecule has 0 spiro atoms. The van der Waals surface area contributed by atoms with Crippen LogP contribution in [0.1, 0.15) is 0 Å². The molecule has 0 amide bonds. The van der Waals surface area contributed by atoms with E-state index in [0.29, 0.717) is 11.1 Å². The minimum absolute atomic E-state index is 0. The molecule has 0 aliphatic carbocycles. The van der Waals surface area contributed by atoms with E-state index < -0.39 is 20.2 Å². The van der Waals surface area contributed by atoms with Crippen LogP contribution >= 0.6 is 0 Å². The molecule has 2 rings (SSSR count). The van der Waals surface area contributed by atoms with Crippen LogP contribution in [0.25, 0.3) is 11.1 Å². The largest absolute Gasteiger partial charge is 0.294 e. The van der Waals surface area contributed by atoms with Gasteiger partial charge in [0.15, 0.2) is 0 Å². The first-order chi connectivity index (χ1) is 9.18. The Hall–Kier alpha value is -0.480. The van der Waals surface area contributed by atoms with E-state index >= 15 is 0 Å². The summed E-state index contributed by atoms with van der Waals surface area (Å²) in [5.74, 6) is 0. The van der Waals surface area contributed by atoms with Crippen molar-refractivity contribution in [2.24, 2.45) is 0 Å². The molecule has 0 saturated heterocycles. The molecule has 2 aromatic carbocycles. The van der Waals surface area contributed by atoms with Gasteiger partial charge in [0.1, 0.15) is 0 Å². The Kier molecular flexibility index (Phi) is 5.96. The molecular formula is C12H10CaO6S2. The minimum atomic E-state index is -4.34. The molecule has 0 unspecified atom stereocenters. The van der Waals surface area contributed by atoms with Crippen molar-refractivity contribution in [3.8, 4) is 11.1 Å². The molecule has 108 valence electrons. The van der Waals surface area contributed by atoms with Gasteiger partial charge in [0.25, 0.3) is 20.2 Å². The zero-order chi connectivity index (χ0) is 15.0. The van der Waals surface area contributed by atoms with E-state index in [1.807, 2.05) is 0 Å². The molecule has 0 heterocycles. The first-order valence-corrected chi connectivity index (χ1v) is 8.21. The molecule has 0 saturated carbocycles. The Morgan fingerprint density at radius 3 is 1.29 bits per heavy atom. The van der Waals surface area contributed by atoms with Gasteiger partial charge in [0.2, 0.25) is 0 Å². The molecule has 0 bridgehead atoms. The molecule has 2 N–H and O–H groups in total. The smallest absolute Gasteiger partial charge is 0.282 e. The van der Waals surface area contributed by atoms with Crippen molar-refractivity contribution in [2.75, 3.05) is 0 Å². The van der Waals surface area contributed by atoms with Gasteiger partial charge >= 0.3 is 0 Å². The van der Waals surface area contributed by atoms with Crippen LogP contribution in [0.4, 0.5) is 0 Å². The Morgan fingerprint density at radius 1 is 0.667 bits per heavy atom. The molecule has 2 aromatic rings. The molecule has 9 heteroatoms. The summed E-state index contributed by atoms with van der Waals surface area (Å²) in [6, 6.07) is 10.8. The van der Waals surface area contributed by atoms with E-state index in [1.165, 1.54) is 36.4 Å². The van der Waals surface area contributed by atoms with Gasteiger partial charge in [0.05, 0.1) is 9.79 Å². The fourth-order valence-corrected chi connectivity index (χ4v) is 2.73. The summed E-state index contributed by atoms with van der Waals surface area (Å²) in [6.07, 6.45) is 0. The van der Waals surface area contributed by atoms with Crippen molar-refractivity contribution >= 4 is 58.0 Å². The van der Waals surface area contributed by atoms with Gasteiger partial charge < -0.3 is 0 Å². The Morgan fingerprint density at radius 2 is 1.00 bits per heavy atom.